The third-order valence-corrected chi connectivity index (χ3v) is 7.87. The van der Waals surface area contributed by atoms with Gasteiger partial charge in [-0.1, -0.05) is 6.07 Å². The minimum Gasteiger partial charge on any atom is -0.491 e. The van der Waals surface area contributed by atoms with Crippen LogP contribution >= 0.6 is 11.3 Å². The number of thiazole rings is 1. The van der Waals surface area contributed by atoms with E-state index in [1.165, 1.54) is 17.4 Å². The molecule has 1 fully saturated rings. The second kappa shape index (κ2) is 10.8. The third-order valence-electron chi connectivity index (χ3n) is 6.63. The Kier molecular flexibility index (Phi) is 7.47. The molecule has 3 aromatic heterocycles. The van der Waals surface area contributed by atoms with Crippen LogP contribution < -0.4 is 10.6 Å². The number of aromatic nitrogens is 4. The molecule has 210 valence electrons. The van der Waals surface area contributed by atoms with E-state index in [0.29, 0.717) is 42.1 Å². The maximum Gasteiger partial charge on any atom is 0.433 e. The van der Waals surface area contributed by atoms with Crippen molar-refractivity contribution in [2.45, 2.75) is 50.9 Å². The molecule has 0 aliphatic heterocycles. The Labute approximate surface area is 230 Å². The van der Waals surface area contributed by atoms with Gasteiger partial charge in [0.05, 0.1) is 11.4 Å². The third kappa shape index (κ3) is 6.23. The van der Waals surface area contributed by atoms with Crippen molar-refractivity contribution in [2.75, 3.05) is 5.32 Å². The van der Waals surface area contributed by atoms with Gasteiger partial charge in [0.1, 0.15) is 16.3 Å². The van der Waals surface area contributed by atoms with E-state index in [1.54, 1.807) is 18.3 Å². The monoisotopic (exact) mass is 574 g/mol. The molecule has 14 heteroatoms. The molecule has 0 saturated heterocycles. The highest BCUT2D eigenvalue weighted by Gasteiger charge is 2.39. The first-order valence-electron chi connectivity index (χ1n) is 12.4. The summed E-state index contributed by atoms with van der Waals surface area (Å²) in [6.45, 7) is 1.96. The summed E-state index contributed by atoms with van der Waals surface area (Å²) in [5, 5.41) is 30.1. The second-order valence-electron chi connectivity index (χ2n) is 9.68. The SMILES string of the molecule is Cc1cc(Nc2nccc(C(F)(F)F)n2)cc(-c2cnc([C@]3(O)CC[C@@H](C(=O)NCc4cc(O)no4)CC3)s2)c1. The molecule has 1 aromatic carbocycles. The largest absolute Gasteiger partial charge is 0.491 e. The lowest BCUT2D eigenvalue weighted by atomic mass is 9.78. The molecule has 0 spiro atoms. The van der Waals surface area contributed by atoms with Gasteiger partial charge in [-0.15, -0.1) is 11.3 Å². The van der Waals surface area contributed by atoms with Gasteiger partial charge in [-0.25, -0.2) is 15.0 Å². The molecule has 1 amide bonds. The van der Waals surface area contributed by atoms with Crippen LogP contribution in [0.4, 0.5) is 24.8 Å². The highest BCUT2D eigenvalue weighted by atomic mass is 32.1. The molecule has 0 radical (unpaired) electrons. The minimum atomic E-state index is -4.58. The number of hydrogen-bond acceptors (Lipinski definition) is 10. The fraction of sp³-hybridized carbons (Fsp3) is 0.346. The summed E-state index contributed by atoms with van der Waals surface area (Å²) >= 11 is 1.33. The van der Waals surface area contributed by atoms with Crippen molar-refractivity contribution < 1.29 is 32.7 Å². The van der Waals surface area contributed by atoms with E-state index in [2.05, 4.69) is 30.7 Å². The number of nitrogens with one attached hydrogen (secondary N) is 2. The van der Waals surface area contributed by atoms with Gasteiger partial charge < -0.3 is 25.4 Å². The smallest absolute Gasteiger partial charge is 0.433 e. The molecule has 0 unspecified atom stereocenters. The zero-order chi connectivity index (χ0) is 28.5. The van der Waals surface area contributed by atoms with Crippen molar-refractivity contribution in [1.82, 2.24) is 25.4 Å². The molecule has 40 heavy (non-hydrogen) atoms. The Hall–Kier alpha value is -4.04. The Morgan fingerprint density at radius 2 is 1.98 bits per heavy atom. The van der Waals surface area contributed by atoms with Crippen LogP contribution in [0.2, 0.25) is 0 Å². The Balaban J connectivity index is 1.24. The number of rotatable bonds is 7. The first-order valence-corrected chi connectivity index (χ1v) is 13.2. The number of aliphatic hydroxyl groups is 1. The van der Waals surface area contributed by atoms with Gasteiger partial charge in [0, 0.05) is 30.1 Å². The van der Waals surface area contributed by atoms with Gasteiger partial charge in [-0.3, -0.25) is 4.79 Å². The summed E-state index contributed by atoms with van der Waals surface area (Å²) in [7, 11) is 0. The number of benzene rings is 1. The van der Waals surface area contributed by atoms with Crippen LogP contribution in [-0.2, 0) is 23.1 Å². The molecule has 1 saturated carbocycles. The van der Waals surface area contributed by atoms with E-state index in [9.17, 15) is 28.2 Å². The predicted octanol–water partition coefficient (Wildman–Crippen LogP) is 5.06. The zero-order valence-electron chi connectivity index (χ0n) is 21.2. The standard InChI is InChI=1S/C26H25F3N6O4S/c1-14-8-16(10-17(9-14)33-24-30-7-4-20(34-24)26(27,28)29)19-13-32-23(40-19)25(38)5-2-15(3-6-25)22(37)31-12-18-11-21(36)35-39-18/h4,7-11,13,15,38H,2-3,5-6,12H2,1H3,(H,31,37)(H,35,36)(H,30,33,34)/t15-,25+. The van der Waals surface area contributed by atoms with Crippen LogP contribution in [0.5, 0.6) is 5.88 Å². The van der Waals surface area contributed by atoms with Crippen LogP contribution in [0.25, 0.3) is 10.4 Å². The van der Waals surface area contributed by atoms with Crippen molar-refractivity contribution in [3.8, 4) is 16.3 Å². The molecule has 10 nitrogen and oxygen atoms in total. The summed E-state index contributed by atoms with van der Waals surface area (Å²) in [6, 6.07) is 7.57. The lowest BCUT2D eigenvalue weighted by molar-refractivity contribution is -0.141. The van der Waals surface area contributed by atoms with E-state index in [0.717, 1.165) is 28.3 Å². The van der Waals surface area contributed by atoms with Crippen molar-refractivity contribution in [3.63, 3.8) is 0 Å². The van der Waals surface area contributed by atoms with Crippen molar-refractivity contribution in [3.05, 3.63) is 64.8 Å². The molecule has 4 aromatic rings. The summed E-state index contributed by atoms with van der Waals surface area (Å²) in [4.78, 5) is 25.3. The number of aryl methyl sites for hydroxylation is 1. The van der Waals surface area contributed by atoms with Crippen LogP contribution in [0, 0.1) is 12.8 Å². The normalized spacial score (nSPS) is 19.4. The Morgan fingerprint density at radius 3 is 2.67 bits per heavy atom. The number of nitrogens with zero attached hydrogens (tertiary/aromatic N) is 4. The van der Waals surface area contributed by atoms with E-state index in [-0.39, 0.29) is 30.2 Å². The number of halogens is 3. The summed E-state index contributed by atoms with van der Waals surface area (Å²) in [6.07, 6.45) is -0.234. The van der Waals surface area contributed by atoms with Crippen LogP contribution in [0.15, 0.2) is 47.2 Å². The number of hydrogen-bond donors (Lipinski definition) is 4. The van der Waals surface area contributed by atoms with Gasteiger partial charge in [-0.2, -0.15) is 13.2 Å². The van der Waals surface area contributed by atoms with Crippen molar-refractivity contribution in [2.24, 2.45) is 5.92 Å². The average Bonchev–Trinajstić information content (AvgIpc) is 3.57. The number of anilines is 2. The molecule has 0 bridgehead atoms. The highest BCUT2D eigenvalue weighted by Crippen LogP contribution is 2.43. The maximum atomic E-state index is 13.0. The summed E-state index contributed by atoms with van der Waals surface area (Å²) in [5.74, 6) is -0.532. The topological polar surface area (TPSA) is 146 Å². The first-order chi connectivity index (χ1) is 19.0. The molecule has 1 aliphatic rings. The van der Waals surface area contributed by atoms with Crippen LogP contribution in [0.3, 0.4) is 0 Å². The Morgan fingerprint density at radius 1 is 1.20 bits per heavy atom. The van der Waals surface area contributed by atoms with Crippen LogP contribution in [-0.4, -0.2) is 36.2 Å². The maximum absolute atomic E-state index is 13.0. The van der Waals surface area contributed by atoms with Gasteiger partial charge in [0.15, 0.2) is 5.76 Å². The summed E-state index contributed by atoms with van der Waals surface area (Å²) < 4.78 is 44.0. The minimum absolute atomic E-state index is 0.107. The quantitative estimate of drug-likeness (QED) is 0.238. The number of amides is 1. The fourth-order valence-electron chi connectivity index (χ4n) is 4.60. The predicted molar refractivity (Wildman–Crippen MR) is 138 cm³/mol. The fourth-order valence-corrected chi connectivity index (χ4v) is 5.65. The van der Waals surface area contributed by atoms with Gasteiger partial charge in [0.2, 0.25) is 11.9 Å². The van der Waals surface area contributed by atoms with E-state index in [4.69, 9.17) is 4.52 Å². The van der Waals surface area contributed by atoms with E-state index < -0.39 is 17.5 Å². The molecule has 5 rings (SSSR count). The zero-order valence-corrected chi connectivity index (χ0v) is 22.0. The first kappa shape index (κ1) is 27.5. The Bertz CT molecular complexity index is 1510. The van der Waals surface area contributed by atoms with E-state index in [1.807, 2.05) is 13.0 Å². The number of carbonyl (C=O) groups excluding carboxylic acids is 1. The highest BCUT2D eigenvalue weighted by molar-refractivity contribution is 7.15. The van der Waals surface area contributed by atoms with Gasteiger partial charge >= 0.3 is 6.18 Å². The lowest BCUT2D eigenvalue weighted by Gasteiger charge is -2.33. The average molecular weight is 575 g/mol. The van der Waals surface area contributed by atoms with E-state index >= 15 is 0 Å². The molecule has 0 atom stereocenters. The molecule has 3 heterocycles. The number of aromatic hydroxyl groups is 1. The molecular formula is C26H25F3N6O4S. The van der Waals surface area contributed by atoms with Gasteiger partial charge in [0.25, 0.3) is 5.88 Å². The second-order valence-corrected chi connectivity index (χ2v) is 10.7. The van der Waals surface area contributed by atoms with Gasteiger partial charge in [-0.05, 0) is 67.1 Å². The molecular weight excluding hydrogens is 549 g/mol. The summed E-state index contributed by atoms with van der Waals surface area (Å²) in [5.41, 5.74) is -0.0793. The molecule has 1 aliphatic carbocycles. The molecule has 4 N–H and O–H groups in total. The number of carbonyl (C=O) groups is 1. The van der Waals surface area contributed by atoms with Crippen molar-refractivity contribution in [1.29, 1.82) is 0 Å². The number of alkyl halides is 3. The van der Waals surface area contributed by atoms with Crippen LogP contribution in [0.1, 0.15) is 47.7 Å². The lowest BCUT2D eigenvalue weighted by Crippen LogP contribution is -2.38. The van der Waals surface area contributed by atoms with Crippen molar-refractivity contribution >= 4 is 28.9 Å².